The van der Waals surface area contributed by atoms with E-state index in [9.17, 15) is 4.79 Å². The summed E-state index contributed by atoms with van der Waals surface area (Å²) in [7, 11) is 0. The molecule has 4 nitrogen and oxygen atoms in total. The van der Waals surface area contributed by atoms with Crippen LogP contribution in [0.3, 0.4) is 0 Å². The van der Waals surface area contributed by atoms with Crippen molar-refractivity contribution in [1.29, 1.82) is 0 Å². The number of likely N-dealkylation sites (tertiary alicyclic amines) is 1. The fourth-order valence-electron chi connectivity index (χ4n) is 4.66. The lowest BCUT2D eigenvalue weighted by molar-refractivity contribution is -0.134. The molecule has 2 aliphatic rings. The maximum absolute atomic E-state index is 13.4. The molecule has 29 heavy (non-hydrogen) atoms. The van der Waals surface area contributed by atoms with Crippen LogP contribution in [0.15, 0.2) is 61.4 Å². The number of carbonyl (C=O) groups is 1. The van der Waals surface area contributed by atoms with E-state index < -0.39 is 0 Å². The highest BCUT2D eigenvalue weighted by molar-refractivity contribution is 5.84. The molecule has 1 atom stereocenters. The van der Waals surface area contributed by atoms with Crippen LogP contribution in [0.1, 0.15) is 31.2 Å². The van der Waals surface area contributed by atoms with E-state index in [4.69, 9.17) is 0 Å². The lowest BCUT2D eigenvalue weighted by Crippen LogP contribution is -2.53. The minimum Gasteiger partial charge on any atom is -0.352 e. The average molecular weight is 390 g/mol. The van der Waals surface area contributed by atoms with Gasteiger partial charge in [-0.05, 0) is 73.4 Å². The van der Waals surface area contributed by atoms with Crippen LogP contribution in [0.25, 0.3) is 11.1 Å². The minimum atomic E-state index is -0.390. The van der Waals surface area contributed by atoms with E-state index >= 15 is 0 Å². The molecule has 1 N–H and O–H groups in total. The number of carbonyl (C=O) groups excluding carboxylic acids is 1. The molecule has 2 fully saturated rings. The second-order valence-electron chi connectivity index (χ2n) is 8.63. The smallest absolute Gasteiger partial charge is 0.228 e. The molecule has 1 saturated heterocycles. The maximum atomic E-state index is 13.4. The van der Waals surface area contributed by atoms with E-state index in [0.29, 0.717) is 6.54 Å². The average Bonchev–Trinajstić information content (AvgIpc) is 3.57. The fourth-order valence-corrected chi connectivity index (χ4v) is 4.66. The predicted molar refractivity (Wildman–Crippen MR) is 117 cm³/mol. The number of pyridine rings is 1. The van der Waals surface area contributed by atoms with Crippen molar-refractivity contribution < 1.29 is 4.79 Å². The third-order valence-electron chi connectivity index (χ3n) is 6.30. The topological polar surface area (TPSA) is 45.2 Å². The number of hydrogen-bond donors (Lipinski definition) is 1. The second kappa shape index (κ2) is 8.91. The number of rotatable bonds is 8. The SMILES string of the molecule is C=CCNC(=O)[C@]1(Cc2ccccc2-c2ccncc2)CCCN(CC2CC2)C1. The van der Waals surface area contributed by atoms with Gasteiger partial charge >= 0.3 is 0 Å². The Balaban J connectivity index is 1.64. The van der Waals surface area contributed by atoms with Gasteiger partial charge in [-0.2, -0.15) is 0 Å². The quantitative estimate of drug-likeness (QED) is 0.692. The predicted octanol–water partition coefficient (Wildman–Crippen LogP) is 4.09. The van der Waals surface area contributed by atoms with Gasteiger partial charge in [0, 0.05) is 32.0 Å². The first-order valence-corrected chi connectivity index (χ1v) is 10.8. The summed E-state index contributed by atoms with van der Waals surface area (Å²) in [6.45, 7) is 7.39. The first kappa shape index (κ1) is 19.8. The highest BCUT2D eigenvalue weighted by Crippen LogP contribution is 2.39. The highest BCUT2D eigenvalue weighted by atomic mass is 16.2. The third kappa shape index (κ3) is 4.76. The molecule has 0 spiro atoms. The van der Waals surface area contributed by atoms with Crippen LogP contribution >= 0.6 is 0 Å². The molecular weight excluding hydrogens is 358 g/mol. The Labute approximate surface area is 174 Å². The van der Waals surface area contributed by atoms with E-state index in [1.807, 2.05) is 24.5 Å². The second-order valence-corrected chi connectivity index (χ2v) is 8.63. The van der Waals surface area contributed by atoms with Gasteiger partial charge in [0.05, 0.1) is 5.41 Å². The molecule has 4 rings (SSSR count). The summed E-state index contributed by atoms with van der Waals surface area (Å²) in [6.07, 6.45) is 10.9. The van der Waals surface area contributed by atoms with Gasteiger partial charge < -0.3 is 10.2 Å². The van der Waals surface area contributed by atoms with E-state index in [-0.39, 0.29) is 11.3 Å². The third-order valence-corrected chi connectivity index (χ3v) is 6.30. The Bertz CT molecular complexity index is 846. The number of nitrogens with zero attached hydrogens (tertiary/aromatic N) is 2. The Morgan fingerprint density at radius 3 is 2.79 bits per heavy atom. The molecule has 1 amide bonds. The van der Waals surface area contributed by atoms with Gasteiger partial charge in [-0.25, -0.2) is 0 Å². The zero-order chi connectivity index (χ0) is 20.1. The summed E-state index contributed by atoms with van der Waals surface area (Å²) in [5, 5.41) is 3.12. The van der Waals surface area contributed by atoms with Crippen molar-refractivity contribution in [2.75, 3.05) is 26.2 Å². The fraction of sp³-hybridized carbons (Fsp3) is 0.440. The molecule has 0 unspecified atom stereocenters. The molecule has 0 bridgehead atoms. The van der Waals surface area contributed by atoms with E-state index in [1.54, 1.807) is 6.08 Å². The lowest BCUT2D eigenvalue weighted by atomic mass is 9.73. The Morgan fingerprint density at radius 1 is 1.24 bits per heavy atom. The lowest BCUT2D eigenvalue weighted by Gasteiger charge is -2.42. The van der Waals surface area contributed by atoms with Crippen LogP contribution < -0.4 is 5.32 Å². The Hall–Kier alpha value is -2.46. The summed E-state index contributed by atoms with van der Waals surface area (Å²) in [5.41, 5.74) is 3.20. The van der Waals surface area contributed by atoms with Crippen molar-refractivity contribution in [2.45, 2.75) is 32.1 Å². The zero-order valence-corrected chi connectivity index (χ0v) is 17.1. The minimum absolute atomic E-state index is 0.169. The maximum Gasteiger partial charge on any atom is 0.228 e. The molecule has 1 aliphatic carbocycles. The van der Waals surface area contributed by atoms with Gasteiger partial charge in [0.1, 0.15) is 0 Å². The summed E-state index contributed by atoms with van der Waals surface area (Å²) in [5.74, 6) is 1.01. The molecule has 1 aliphatic heterocycles. The number of nitrogens with one attached hydrogen (secondary N) is 1. The Morgan fingerprint density at radius 2 is 2.03 bits per heavy atom. The van der Waals surface area contributed by atoms with Crippen molar-refractivity contribution in [2.24, 2.45) is 11.3 Å². The number of piperidine rings is 1. The van der Waals surface area contributed by atoms with Crippen molar-refractivity contribution in [3.63, 3.8) is 0 Å². The number of amides is 1. The summed E-state index contributed by atoms with van der Waals surface area (Å²) in [6, 6.07) is 12.6. The number of benzene rings is 1. The van der Waals surface area contributed by atoms with Crippen molar-refractivity contribution >= 4 is 5.91 Å². The monoisotopic (exact) mass is 389 g/mol. The molecule has 4 heteroatoms. The zero-order valence-electron chi connectivity index (χ0n) is 17.1. The number of aromatic nitrogens is 1. The summed E-state index contributed by atoms with van der Waals surface area (Å²) < 4.78 is 0. The molecule has 1 aromatic carbocycles. The molecule has 1 aromatic heterocycles. The van der Waals surface area contributed by atoms with Crippen LogP contribution in [0.5, 0.6) is 0 Å². The van der Waals surface area contributed by atoms with Crippen LogP contribution in [-0.4, -0.2) is 42.0 Å². The standard InChI is InChI=1S/C25H31N3O/c1-2-13-27-24(29)25(12-5-16-28(19-25)18-20-8-9-20)17-22-6-3-4-7-23(22)21-10-14-26-15-11-21/h2-4,6-7,10-11,14-15,20H,1,5,8-9,12-13,16-19H2,(H,27,29)/t25-/m0/s1. The molecule has 152 valence electrons. The molecule has 2 aromatic rings. The van der Waals surface area contributed by atoms with Crippen molar-refractivity contribution in [1.82, 2.24) is 15.2 Å². The van der Waals surface area contributed by atoms with Crippen LogP contribution in [-0.2, 0) is 11.2 Å². The largest absolute Gasteiger partial charge is 0.352 e. The van der Waals surface area contributed by atoms with Gasteiger partial charge in [-0.3, -0.25) is 9.78 Å². The van der Waals surface area contributed by atoms with Crippen LogP contribution in [0, 0.1) is 11.3 Å². The van der Waals surface area contributed by atoms with Crippen LogP contribution in [0.2, 0.25) is 0 Å². The molecule has 1 saturated carbocycles. The highest BCUT2D eigenvalue weighted by Gasteiger charge is 2.43. The normalized spacial score (nSPS) is 22.2. The van der Waals surface area contributed by atoms with Gasteiger partial charge in [-0.15, -0.1) is 6.58 Å². The van der Waals surface area contributed by atoms with E-state index in [0.717, 1.165) is 50.4 Å². The molecule has 2 heterocycles. The summed E-state index contributed by atoms with van der Waals surface area (Å²) >= 11 is 0. The Kier molecular flexibility index (Phi) is 6.10. The van der Waals surface area contributed by atoms with Gasteiger partial charge in [0.15, 0.2) is 0 Å². The molecule has 0 radical (unpaired) electrons. The van der Waals surface area contributed by atoms with Crippen LogP contribution in [0.4, 0.5) is 0 Å². The van der Waals surface area contributed by atoms with E-state index in [2.05, 4.69) is 46.0 Å². The van der Waals surface area contributed by atoms with Crippen molar-refractivity contribution in [3.8, 4) is 11.1 Å². The first-order chi connectivity index (χ1) is 14.2. The first-order valence-electron chi connectivity index (χ1n) is 10.8. The summed E-state index contributed by atoms with van der Waals surface area (Å²) in [4.78, 5) is 20.1. The number of hydrogen-bond acceptors (Lipinski definition) is 3. The van der Waals surface area contributed by atoms with Gasteiger partial charge in [0.2, 0.25) is 5.91 Å². The van der Waals surface area contributed by atoms with Gasteiger partial charge in [-0.1, -0.05) is 30.3 Å². The van der Waals surface area contributed by atoms with Crippen molar-refractivity contribution in [3.05, 3.63) is 67.0 Å². The molecular formula is C25H31N3O. The van der Waals surface area contributed by atoms with E-state index in [1.165, 1.54) is 24.0 Å². The van der Waals surface area contributed by atoms with Gasteiger partial charge in [0.25, 0.3) is 0 Å².